The summed E-state index contributed by atoms with van der Waals surface area (Å²) in [4.78, 5) is 34.8. The van der Waals surface area contributed by atoms with Crippen molar-refractivity contribution in [3.05, 3.63) is 81.1 Å². The lowest BCUT2D eigenvalue weighted by atomic mass is 9.78. The molecule has 2 aliphatic heterocycles. The van der Waals surface area contributed by atoms with Crippen LogP contribution >= 0.6 is 11.3 Å². The summed E-state index contributed by atoms with van der Waals surface area (Å²) >= 11 is 0.369. The molecule has 5 rings (SSSR count). The number of hydrogen-bond acceptors (Lipinski definition) is 6. The number of likely N-dealkylation sites (tertiary alicyclic amines) is 1. The summed E-state index contributed by atoms with van der Waals surface area (Å²) in [7, 11) is 0. The lowest BCUT2D eigenvalue weighted by molar-refractivity contribution is -0.163. The molecular formula is C35H38F7N3O4S. The minimum atomic E-state index is -4.92. The number of pyridine rings is 1. The van der Waals surface area contributed by atoms with Gasteiger partial charge in [-0.05, 0) is 74.4 Å². The molecule has 4 heterocycles. The molecule has 50 heavy (non-hydrogen) atoms. The Hall–Kier alpha value is -3.72. The topological polar surface area (TPSA) is 83.0 Å². The normalized spacial score (nSPS) is 21.9. The van der Waals surface area contributed by atoms with Gasteiger partial charge in [-0.25, -0.2) is 4.39 Å². The van der Waals surface area contributed by atoms with Crippen LogP contribution in [-0.2, 0) is 30.1 Å². The van der Waals surface area contributed by atoms with E-state index in [1.165, 1.54) is 17.0 Å². The molecule has 1 saturated heterocycles. The van der Waals surface area contributed by atoms with Crippen LogP contribution in [0.15, 0.2) is 48.0 Å². The van der Waals surface area contributed by atoms with Gasteiger partial charge in [0.15, 0.2) is 0 Å². The third-order valence-corrected chi connectivity index (χ3v) is 10.3. The molecule has 0 bridgehead atoms. The van der Waals surface area contributed by atoms with Crippen LogP contribution in [0.2, 0.25) is 0 Å². The summed E-state index contributed by atoms with van der Waals surface area (Å²) in [5.41, 5.74) is -2.84. The van der Waals surface area contributed by atoms with E-state index < -0.39 is 69.9 Å². The average Bonchev–Trinajstić information content (AvgIpc) is 3.54. The molecule has 15 heteroatoms. The predicted octanol–water partition coefficient (Wildman–Crippen LogP) is 8.05. The molecule has 1 N–H and O–H groups in total. The number of halogens is 7. The third-order valence-electron chi connectivity index (χ3n) is 9.37. The molecule has 1 aromatic carbocycles. The van der Waals surface area contributed by atoms with Crippen molar-refractivity contribution >= 4 is 23.2 Å². The highest BCUT2D eigenvalue weighted by atomic mass is 32.1. The number of carbonyl (C=O) groups excluding carboxylic acids is 2. The number of unbranched alkanes of at least 4 members (excludes halogenated alkanes) is 1. The second-order valence-corrected chi connectivity index (χ2v) is 13.8. The molecule has 2 amide bonds. The Morgan fingerprint density at radius 2 is 1.84 bits per heavy atom. The fraction of sp³-hybridized carbons (Fsp3) is 0.514. The van der Waals surface area contributed by atoms with E-state index in [9.17, 15) is 40.6 Å². The maximum Gasteiger partial charge on any atom is 0.425 e. The van der Waals surface area contributed by atoms with Gasteiger partial charge in [-0.3, -0.25) is 14.6 Å². The largest absolute Gasteiger partial charge is 0.474 e. The van der Waals surface area contributed by atoms with E-state index in [4.69, 9.17) is 4.74 Å². The van der Waals surface area contributed by atoms with Gasteiger partial charge in [-0.15, -0.1) is 11.3 Å². The number of alkyl halides is 6. The highest BCUT2D eigenvalue weighted by Gasteiger charge is 2.57. The average molecular weight is 730 g/mol. The quantitative estimate of drug-likeness (QED) is 0.214. The highest BCUT2D eigenvalue weighted by molar-refractivity contribution is 7.10. The Balaban J connectivity index is 1.65. The number of hydrogen-bond donors (Lipinski definition) is 1. The number of rotatable bonds is 10. The Labute approximate surface area is 289 Å². The summed E-state index contributed by atoms with van der Waals surface area (Å²) in [6, 6.07) is 4.96. The first kappa shape index (κ1) is 37.5. The smallest absolute Gasteiger partial charge is 0.425 e. The summed E-state index contributed by atoms with van der Waals surface area (Å²) in [5.74, 6) is -2.46. The molecule has 272 valence electrons. The van der Waals surface area contributed by atoms with E-state index in [1.54, 1.807) is 13.0 Å². The van der Waals surface area contributed by atoms with Crippen LogP contribution in [0, 0.1) is 5.82 Å². The summed E-state index contributed by atoms with van der Waals surface area (Å²) < 4.78 is 104. The van der Waals surface area contributed by atoms with Crippen molar-refractivity contribution in [2.45, 2.75) is 108 Å². The zero-order valence-electron chi connectivity index (χ0n) is 27.5. The van der Waals surface area contributed by atoms with Gasteiger partial charge >= 0.3 is 12.4 Å². The lowest BCUT2D eigenvalue weighted by Gasteiger charge is -2.51. The van der Waals surface area contributed by atoms with Crippen LogP contribution in [0.3, 0.4) is 0 Å². The number of amides is 2. The van der Waals surface area contributed by atoms with E-state index in [-0.39, 0.29) is 57.4 Å². The van der Waals surface area contributed by atoms with Crippen molar-refractivity contribution in [3.8, 4) is 5.75 Å². The van der Waals surface area contributed by atoms with Gasteiger partial charge in [0.1, 0.15) is 22.1 Å². The van der Waals surface area contributed by atoms with Crippen molar-refractivity contribution < 1.29 is 50.2 Å². The molecule has 4 atom stereocenters. The number of aliphatic hydroxyl groups is 1. The van der Waals surface area contributed by atoms with Gasteiger partial charge in [-0.2, -0.15) is 26.3 Å². The molecule has 2 aliphatic rings. The predicted molar refractivity (Wildman–Crippen MR) is 171 cm³/mol. The Bertz CT molecular complexity index is 1680. The van der Waals surface area contributed by atoms with E-state index in [2.05, 4.69) is 4.98 Å². The Kier molecular flexibility index (Phi) is 11.2. The van der Waals surface area contributed by atoms with E-state index in [0.29, 0.717) is 35.3 Å². The van der Waals surface area contributed by atoms with Crippen LogP contribution in [-0.4, -0.2) is 62.0 Å². The second-order valence-electron chi connectivity index (χ2n) is 12.9. The molecule has 0 spiro atoms. The first-order chi connectivity index (χ1) is 23.5. The number of piperidine rings is 1. The van der Waals surface area contributed by atoms with E-state index >= 15 is 4.79 Å². The van der Waals surface area contributed by atoms with Gasteiger partial charge in [0, 0.05) is 43.2 Å². The molecule has 0 saturated carbocycles. The molecular weight excluding hydrogens is 691 g/mol. The van der Waals surface area contributed by atoms with Crippen molar-refractivity contribution in [1.29, 1.82) is 0 Å². The molecule has 0 aliphatic carbocycles. The van der Waals surface area contributed by atoms with E-state index in [0.717, 1.165) is 34.7 Å². The fourth-order valence-corrected chi connectivity index (χ4v) is 7.66. The molecule has 0 radical (unpaired) electrons. The summed E-state index contributed by atoms with van der Waals surface area (Å²) in [6.07, 6.45) is -7.42. The second kappa shape index (κ2) is 14.9. The monoisotopic (exact) mass is 729 g/mol. The molecule has 1 unspecified atom stereocenters. The van der Waals surface area contributed by atoms with Crippen molar-refractivity contribution in [2.75, 3.05) is 6.54 Å². The Morgan fingerprint density at radius 3 is 2.50 bits per heavy atom. The minimum Gasteiger partial charge on any atom is -0.474 e. The van der Waals surface area contributed by atoms with Gasteiger partial charge in [-0.1, -0.05) is 25.8 Å². The zero-order chi connectivity index (χ0) is 36.4. The molecule has 2 aromatic heterocycles. The number of benzene rings is 1. The van der Waals surface area contributed by atoms with Crippen LogP contribution < -0.4 is 4.74 Å². The zero-order valence-corrected chi connectivity index (χ0v) is 28.3. The first-order valence-corrected chi connectivity index (χ1v) is 17.4. The van der Waals surface area contributed by atoms with Crippen LogP contribution in [0.5, 0.6) is 5.75 Å². The standard InChI is InChI=1S/C35H38F7N3O4S/c1-3-4-8-28-33(49-26-18-29(50-20-26)35(40,41)42,13-6-15-44(28)31(47)30-27(34(37,38)39)7-5-14-43-30)32(48)45-19-22-10-11-24(36)16-23(22)17-25(45)12-9-21(2)46/h5,7,10-11,14,16,18,20-21,25,28,46H,3-4,6,8-9,12-13,15,17,19H2,1-2H3/t21?,25-,28-,33+/m1/s1. The molecule has 3 aromatic rings. The van der Waals surface area contributed by atoms with Gasteiger partial charge < -0.3 is 19.6 Å². The van der Waals surface area contributed by atoms with Crippen molar-refractivity contribution in [2.24, 2.45) is 0 Å². The number of nitrogens with zero attached hydrogens (tertiary/aromatic N) is 3. The van der Waals surface area contributed by atoms with Crippen LogP contribution in [0.1, 0.15) is 90.8 Å². The number of carbonyl (C=O) groups is 2. The number of fused-ring (bicyclic) bond motifs is 1. The SMILES string of the molecule is CCCC[C@H]1N(C(=O)c2ncccc2C(F)(F)F)CCC[C@@]1(Oc1csc(C(F)(F)F)c1)C(=O)N1Cc2ccc(F)cc2C[C@H]1CCC(C)O. The van der Waals surface area contributed by atoms with E-state index in [1.807, 2.05) is 6.92 Å². The van der Waals surface area contributed by atoms with Crippen molar-refractivity contribution in [1.82, 2.24) is 14.8 Å². The summed E-state index contributed by atoms with van der Waals surface area (Å²) in [6.45, 7) is 3.36. The maximum atomic E-state index is 15.2. The van der Waals surface area contributed by atoms with Gasteiger partial charge in [0.25, 0.3) is 11.8 Å². The number of aliphatic hydroxyl groups excluding tert-OH is 1. The van der Waals surface area contributed by atoms with Crippen LogP contribution in [0.25, 0.3) is 0 Å². The fourth-order valence-electron chi connectivity index (χ4n) is 6.99. The van der Waals surface area contributed by atoms with Gasteiger partial charge in [0.2, 0.25) is 5.60 Å². The Morgan fingerprint density at radius 1 is 1.08 bits per heavy atom. The van der Waals surface area contributed by atoms with Crippen LogP contribution in [0.4, 0.5) is 30.7 Å². The minimum absolute atomic E-state index is 0.0195. The highest BCUT2D eigenvalue weighted by Crippen LogP contribution is 2.44. The number of thiophene rings is 1. The molecule has 7 nitrogen and oxygen atoms in total. The number of ether oxygens (including phenoxy) is 1. The first-order valence-electron chi connectivity index (χ1n) is 16.5. The maximum absolute atomic E-state index is 15.2. The van der Waals surface area contributed by atoms with Crippen molar-refractivity contribution in [3.63, 3.8) is 0 Å². The lowest BCUT2D eigenvalue weighted by Crippen LogP contribution is -2.69. The number of aromatic nitrogens is 1. The third kappa shape index (κ3) is 7.93. The molecule has 1 fully saturated rings. The van der Waals surface area contributed by atoms with Gasteiger partial charge in [0.05, 0.1) is 17.7 Å². The summed E-state index contributed by atoms with van der Waals surface area (Å²) in [5, 5.41) is 11.2.